The minimum Gasteiger partial charge on any atom is -0.330 e. The zero-order chi connectivity index (χ0) is 12.0. The molecule has 0 atom stereocenters. The Hall–Kier alpha value is -1.26. The molecule has 0 aliphatic carbocycles. The number of nitrogens with two attached hydrogens (primary N) is 1. The zero-order valence-corrected chi connectivity index (χ0v) is 10.00. The van der Waals surface area contributed by atoms with E-state index in [4.69, 9.17) is 17.3 Å². The van der Waals surface area contributed by atoms with Gasteiger partial charge in [0.25, 0.3) is 0 Å². The molecular formula is C11H16ClN3O. The van der Waals surface area contributed by atoms with Crippen molar-refractivity contribution in [1.82, 2.24) is 4.90 Å². The average molecular weight is 242 g/mol. The van der Waals surface area contributed by atoms with Crippen molar-refractivity contribution in [2.75, 3.05) is 25.5 Å². The van der Waals surface area contributed by atoms with Gasteiger partial charge in [-0.25, -0.2) is 4.79 Å². The second-order valence-corrected chi connectivity index (χ2v) is 3.94. The van der Waals surface area contributed by atoms with Crippen LogP contribution in [0.15, 0.2) is 24.3 Å². The summed E-state index contributed by atoms with van der Waals surface area (Å²) in [5.41, 5.74) is 6.07. The zero-order valence-electron chi connectivity index (χ0n) is 9.24. The number of carbonyl (C=O) groups is 1. The van der Waals surface area contributed by atoms with Crippen LogP contribution in [-0.2, 0) is 0 Å². The largest absolute Gasteiger partial charge is 0.330 e. The van der Waals surface area contributed by atoms with E-state index in [0.29, 0.717) is 23.8 Å². The molecule has 0 aliphatic heterocycles. The van der Waals surface area contributed by atoms with Crippen LogP contribution in [0.3, 0.4) is 0 Å². The van der Waals surface area contributed by atoms with Crippen molar-refractivity contribution >= 4 is 23.3 Å². The Kier molecular flexibility index (Phi) is 5.08. The first-order chi connectivity index (χ1) is 7.63. The molecule has 16 heavy (non-hydrogen) atoms. The van der Waals surface area contributed by atoms with Crippen molar-refractivity contribution in [3.05, 3.63) is 29.3 Å². The van der Waals surface area contributed by atoms with Gasteiger partial charge < -0.3 is 16.0 Å². The molecule has 0 aromatic heterocycles. The van der Waals surface area contributed by atoms with Crippen LogP contribution in [0.4, 0.5) is 10.5 Å². The van der Waals surface area contributed by atoms with E-state index >= 15 is 0 Å². The third-order valence-electron chi connectivity index (χ3n) is 2.12. The van der Waals surface area contributed by atoms with E-state index in [1.54, 1.807) is 36.2 Å². The smallest absolute Gasteiger partial charge is 0.321 e. The molecule has 0 spiro atoms. The minimum absolute atomic E-state index is 0.157. The molecular weight excluding hydrogens is 226 g/mol. The number of anilines is 1. The van der Waals surface area contributed by atoms with Crippen molar-refractivity contribution in [2.45, 2.75) is 6.42 Å². The Morgan fingerprint density at radius 3 is 2.94 bits per heavy atom. The van der Waals surface area contributed by atoms with Crippen LogP contribution in [0, 0.1) is 0 Å². The van der Waals surface area contributed by atoms with Crippen molar-refractivity contribution in [3.8, 4) is 0 Å². The van der Waals surface area contributed by atoms with Crippen molar-refractivity contribution in [1.29, 1.82) is 0 Å². The van der Waals surface area contributed by atoms with Crippen LogP contribution in [-0.4, -0.2) is 31.1 Å². The molecule has 1 aromatic carbocycles. The highest BCUT2D eigenvalue weighted by Crippen LogP contribution is 2.15. The maximum atomic E-state index is 11.7. The molecule has 1 rings (SSSR count). The first-order valence-corrected chi connectivity index (χ1v) is 5.49. The number of amides is 2. The summed E-state index contributed by atoms with van der Waals surface area (Å²) in [5, 5.41) is 3.35. The molecule has 0 bridgehead atoms. The fourth-order valence-electron chi connectivity index (χ4n) is 1.22. The highest BCUT2D eigenvalue weighted by atomic mass is 35.5. The van der Waals surface area contributed by atoms with Gasteiger partial charge in [0.05, 0.1) is 0 Å². The highest BCUT2D eigenvalue weighted by Gasteiger charge is 2.07. The maximum Gasteiger partial charge on any atom is 0.321 e. The van der Waals surface area contributed by atoms with E-state index in [9.17, 15) is 4.79 Å². The Bertz CT molecular complexity index is 357. The van der Waals surface area contributed by atoms with Crippen LogP contribution < -0.4 is 11.1 Å². The Balaban J connectivity index is 2.50. The van der Waals surface area contributed by atoms with Gasteiger partial charge in [-0.1, -0.05) is 17.7 Å². The first-order valence-electron chi connectivity index (χ1n) is 5.11. The molecule has 88 valence electrons. The molecule has 0 radical (unpaired) electrons. The standard InChI is InChI=1S/C11H16ClN3O/c1-15(7-3-6-13)11(16)14-10-5-2-4-9(12)8-10/h2,4-5,8H,3,6-7,13H2,1H3,(H,14,16). The van der Waals surface area contributed by atoms with Gasteiger partial charge >= 0.3 is 6.03 Å². The third-order valence-corrected chi connectivity index (χ3v) is 2.36. The Labute approximate surface area is 100 Å². The fraction of sp³-hybridized carbons (Fsp3) is 0.364. The maximum absolute atomic E-state index is 11.7. The number of nitrogens with zero attached hydrogens (tertiary/aromatic N) is 1. The lowest BCUT2D eigenvalue weighted by Crippen LogP contribution is -2.32. The minimum atomic E-state index is -0.157. The van der Waals surface area contributed by atoms with Crippen molar-refractivity contribution in [2.24, 2.45) is 5.73 Å². The van der Waals surface area contributed by atoms with E-state index in [1.165, 1.54) is 0 Å². The van der Waals surface area contributed by atoms with Crippen molar-refractivity contribution in [3.63, 3.8) is 0 Å². The molecule has 0 saturated carbocycles. The summed E-state index contributed by atoms with van der Waals surface area (Å²) < 4.78 is 0. The predicted molar refractivity (Wildman–Crippen MR) is 66.8 cm³/mol. The van der Waals surface area contributed by atoms with E-state index in [-0.39, 0.29) is 6.03 Å². The second-order valence-electron chi connectivity index (χ2n) is 3.50. The van der Waals surface area contributed by atoms with Gasteiger partial charge in [-0.3, -0.25) is 0 Å². The van der Waals surface area contributed by atoms with Gasteiger partial charge in [0.2, 0.25) is 0 Å². The normalized spacial score (nSPS) is 9.94. The van der Waals surface area contributed by atoms with Gasteiger partial charge in [-0.2, -0.15) is 0 Å². The van der Waals surface area contributed by atoms with E-state index in [0.717, 1.165) is 6.42 Å². The lowest BCUT2D eigenvalue weighted by molar-refractivity contribution is 0.222. The third kappa shape index (κ3) is 4.08. The number of nitrogens with one attached hydrogen (secondary N) is 1. The van der Waals surface area contributed by atoms with Crippen LogP contribution in [0.25, 0.3) is 0 Å². The predicted octanol–water partition coefficient (Wildman–Crippen LogP) is 2.15. The number of hydrogen-bond acceptors (Lipinski definition) is 2. The molecule has 0 saturated heterocycles. The molecule has 4 nitrogen and oxygen atoms in total. The summed E-state index contributed by atoms with van der Waals surface area (Å²) in [7, 11) is 1.73. The van der Waals surface area contributed by atoms with E-state index < -0.39 is 0 Å². The van der Waals surface area contributed by atoms with Crippen LogP contribution >= 0.6 is 11.6 Å². The van der Waals surface area contributed by atoms with Crippen molar-refractivity contribution < 1.29 is 4.79 Å². The summed E-state index contributed by atoms with van der Waals surface area (Å²) in [6.07, 6.45) is 0.791. The number of hydrogen-bond donors (Lipinski definition) is 2. The SMILES string of the molecule is CN(CCCN)C(=O)Nc1cccc(Cl)c1. The number of carbonyl (C=O) groups excluding carboxylic acids is 1. The highest BCUT2D eigenvalue weighted by molar-refractivity contribution is 6.30. The summed E-state index contributed by atoms with van der Waals surface area (Å²) in [6.45, 7) is 1.22. The number of halogens is 1. The molecule has 0 unspecified atom stereocenters. The van der Waals surface area contributed by atoms with Gasteiger partial charge in [0, 0.05) is 24.3 Å². The van der Waals surface area contributed by atoms with Crippen LogP contribution in [0.2, 0.25) is 5.02 Å². The molecule has 0 heterocycles. The van der Waals surface area contributed by atoms with Crippen LogP contribution in [0.5, 0.6) is 0 Å². The first kappa shape index (κ1) is 12.8. The lowest BCUT2D eigenvalue weighted by Gasteiger charge is -2.17. The second kappa shape index (κ2) is 6.35. The number of urea groups is 1. The molecule has 3 N–H and O–H groups in total. The Morgan fingerprint density at radius 1 is 1.56 bits per heavy atom. The van der Waals surface area contributed by atoms with Gasteiger partial charge in [0.1, 0.15) is 0 Å². The van der Waals surface area contributed by atoms with Crippen LogP contribution in [0.1, 0.15) is 6.42 Å². The number of rotatable bonds is 4. The summed E-state index contributed by atoms with van der Waals surface area (Å²) in [5.74, 6) is 0. The quantitative estimate of drug-likeness (QED) is 0.849. The molecule has 0 aliphatic rings. The summed E-state index contributed by atoms with van der Waals surface area (Å²) in [4.78, 5) is 13.3. The van der Waals surface area contributed by atoms with Gasteiger partial charge in [-0.15, -0.1) is 0 Å². The lowest BCUT2D eigenvalue weighted by atomic mass is 10.3. The molecule has 1 aromatic rings. The average Bonchev–Trinajstić information content (AvgIpc) is 2.25. The topological polar surface area (TPSA) is 58.4 Å². The molecule has 0 fully saturated rings. The van der Waals surface area contributed by atoms with E-state index in [2.05, 4.69) is 5.32 Å². The summed E-state index contributed by atoms with van der Waals surface area (Å²) in [6, 6.07) is 6.89. The van der Waals surface area contributed by atoms with Gasteiger partial charge in [0.15, 0.2) is 0 Å². The number of benzene rings is 1. The molecule has 2 amide bonds. The fourth-order valence-corrected chi connectivity index (χ4v) is 1.41. The van der Waals surface area contributed by atoms with Gasteiger partial charge in [-0.05, 0) is 31.2 Å². The monoisotopic (exact) mass is 241 g/mol. The Morgan fingerprint density at radius 2 is 2.31 bits per heavy atom. The molecule has 5 heteroatoms. The summed E-state index contributed by atoms with van der Waals surface area (Å²) >= 11 is 5.81. The van der Waals surface area contributed by atoms with E-state index in [1.807, 2.05) is 0 Å².